The Morgan fingerprint density at radius 3 is 2.55 bits per heavy atom. The van der Waals surface area contributed by atoms with E-state index in [1.54, 1.807) is 17.7 Å². The third-order valence-corrected chi connectivity index (χ3v) is 7.69. The number of nitrogens with zero attached hydrogens (tertiary/aromatic N) is 1. The number of hydrogen-bond donors (Lipinski definition) is 2. The van der Waals surface area contributed by atoms with Gasteiger partial charge in [0.05, 0.1) is 17.2 Å². The minimum atomic E-state index is -0.181. The summed E-state index contributed by atoms with van der Waals surface area (Å²) in [6.07, 6.45) is 9.55. The Morgan fingerprint density at radius 2 is 1.71 bits per heavy atom. The Bertz CT molecular complexity index is 1800. The molecule has 38 heavy (non-hydrogen) atoms. The fourth-order valence-corrected chi connectivity index (χ4v) is 5.99. The maximum absolute atomic E-state index is 11.0. The van der Waals surface area contributed by atoms with Crippen molar-refractivity contribution < 1.29 is 5.11 Å². The lowest BCUT2D eigenvalue weighted by Gasteiger charge is -2.37. The van der Waals surface area contributed by atoms with E-state index in [9.17, 15) is 9.90 Å². The lowest BCUT2D eigenvalue weighted by Crippen LogP contribution is -2.25. The molecule has 2 aliphatic rings. The average molecular weight is 499 g/mol. The summed E-state index contributed by atoms with van der Waals surface area (Å²) in [5, 5.41) is 13.4. The molecule has 0 amide bonds. The molecule has 0 atom stereocenters. The summed E-state index contributed by atoms with van der Waals surface area (Å²) in [7, 11) is 0. The lowest BCUT2D eigenvalue weighted by molar-refractivity contribution is 0.477. The van der Waals surface area contributed by atoms with E-state index in [0.29, 0.717) is 11.1 Å². The first kappa shape index (κ1) is 23.9. The summed E-state index contributed by atoms with van der Waals surface area (Å²) >= 11 is 0. The first-order valence-corrected chi connectivity index (χ1v) is 13.1. The third-order valence-electron chi connectivity index (χ3n) is 7.69. The van der Waals surface area contributed by atoms with Crippen LogP contribution in [0.3, 0.4) is 0 Å². The number of nitrogens with one attached hydrogen (secondary N) is 1. The van der Waals surface area contributed by atoms with E-state index in [4.69, 9.17) is 0 Å². The number of phenolic OH excluding ortho intramolecular Hbond substituents is 1. The van der Waals surface area contributed by atoms with Gasteiger partial charge in [-0.15, -0.1) is 0 Å². The maximum Gasteiger partial charge on any atom is 0.280 e. The van der Waals surface area contributed by atoms with Gasteiger partial charge in [-0.25, -0.2) is 0 Å². The van der Waals surface area contributed by atoms with Crippen LogP contribution >= 0.6 is 0 Å². The fraction of sp³-hybridized carbons (Fsp3) is 0.176. The van der Waals surface area contributed by atoms with E-state index in [1.165, 1.54) is 46.6 Å². The number of para-hydroxylation sites is 2. The van der Waals surface area contributed by atoms with Gasteiger partial charge in [0.2, 0.25) is 0 Å². The zero-order valence-electron chi connectivity index (χ0n) is 21.7. The van der Waals surface area contributed by atoms with E-state index in [1.807, 2.05) is 36.4 Å². The number of rotatable bonds is 1. The van der Waals surface area contributed by atoms with Gasteiger partial charge in [0.1, 0.15) is 5.75 Å². The maximum atomic E-state index is 11.0. The predicted molar refractivity (Wildman–Crippen MR) is 156 cm³/mol. The highest BCUT2D eigenvalue weighted by Gasteiger charge is 2.33. The van der Waals surface area contributed by atoms with E-state index < -0.39 is 0 Å². The first-order valence-electron chi connectivity index (χ1n) is 13.1. The molecule has 0 unspecified atom stereocenters. The van der Waals surface area contributed by atoms with Gasteiger partial charge in [-0.2, -0.15) is 4.98 Å². The molecule has 0 saturated heterocycles. The Morgan fingerprint density at radius 1 is 0.895 bits per heavy atom. The van der Waals surface area contributed by atoms with Gasteiger partial charge in [-0.1, -0.05) is 86.2 Å². The molecule has 0 saturated carbocycles. The van der Waals surface area contributed by atoms with E-state index in [2.05, 4.69) is 66.3 Å². The second-order valence-electron chi connectivity index (χ2n) is 10.7. The zero-order chi connectivity index (χ0) is 26.3. The number of aromatic amines is 1. The Kier molecular flexibility index (Phi) is 5.96. The molecule has 0 fully saturated rings. The van der Waals surface area contributed by atoms with Crippen molar-refractivity contribution in [3.05, 3.63) is 124 Å². The Labute approximate surface area is 222 Å². The number of benzene rings is 4. The largest absolute Gasteiger partial charge is 0.507 e. The van der Waals surface area contributed by atoms with Gasteiger partial charge in [-0.3, -0.25) is 4.79 Å². The van der Waals surface area contributed by atoms with Crippen molar-refractivity contribution in [1.29, 1.82) is 0 Å². The molecule has 5 aromatic rings. The quantitative estimate of drug-likeness (QED) is 0.247. The Hall–Kier alpha value is -4.44. The summed E-state index contributed by atoms with van der Waals surface area (Å²) in [4.78, 5) is 17.5. The molecule has 0 aliphatic heterocycles. The van der Waals surface area contributed by atoms with Gasteiger partial charge in [-0.05, 0) is 82.0 Å². The van der Waals surface area contributed by atoms with E-state index in [-0.39, 0.29) is 11.0 Å². The van der Waals surface area contributed by atoms with Gasteiger partial charge < -0.3 is 10.1 Å². The Balaban J connectivity index is 0.000000200. The predicted octanol–water partition coefficient (Wildman–Crippen LogP) is 7.92. The number of phenols is 1. The van der Waals surface area contributed by atoms with Crippen molar-refractivity contribution in [2.75, 3.05) is 0 Å². The minimum absolute atomic E-state index is 0.134. The van der Waals surface area contributed by atoms with Gasteiger partial charge in [0, 0.05) is 5.56 Å². The number of allylic oxidation sites excluding steroid dienone is 4. The molecule has 4 heteroatoms. The van der Waals surface area contributed by atoms with Crippen molar-refractivity contribution in [2.45, 2.75) is 38.5 Å². The highest BCUT2D eigenvalue weighted by atomic mass is 16.3. The molecule has 1 aromatic heterocycles. The monoisotopic (exact) mass is 498 g/mol. The van der Waals surface area contributed by atoms with Crippen LogP contribution in [0.15, 0.2) is 108 Å². The first-order chi connectivity index (χ1) is 18.4. The summed E-state index contributed by atoms with van der Waals surface area (Å²) in [5.74, 6) is 0.331. The van der Waals surface area contributed by atoms with Crippen molar-refractivity contribution in [3.63, 3.8) is 0 Å². The summed E-state index contributed by atoms with van der Waals surface area (Å²) in [5.41, 5.74) is 8.65. The molecule has 0 radical (unpaired) electrons. The van der Waals surface area contributed by atoms with Crippen LogP contribution in [-0.4, -0.2) is 15.1 Å². The molecular weight excluding hydrogens is 468 g/mol. The van der Waals surface area contributed by atoms with Crippen LogP contribution in [0, 0.1) is 0 Å². The molecule has 7 rings (SSSR count). The normalized spacial score (nSPS) is 15.5. The molecule has 4 nitrogen and oxygen atoms in total. The summed E-state index contributed by atoms with van der Waals surface area (Å²) in [6, 6.07) is 26.0. The van der Waals surface area contributed by atoms with E-state index in [0.717, 1.165) is 23.1 Å². The van der Waals surface area contributed by atoms with Crippen molar-refractivity contribution in [3.8, 4) is 16.9 Å². The number of H-pyrrole nitrogens is 1. The summed E-state index contributed by atoms with van der Waals surface area (Å²) in [6.45, 7) is 4.76. The smallest absolute Gasteiger partial charge is 0.280 e. The van der Waals surface area contributed by atoms with Crippen LogP contribution in [0.2, 0.25) is 0 Å². The third kappa shape index (κ3) is 4.22. The van der Waals surface area contributed by atoms with Crippen LogP contribution in [0.1, 0.15) is 44.2 Å². The van der Waals surface area contributed by atoms with Gasteiger partial charge in [0.15, 0.2) is 0 Å². The van der Waals surface area contributed by atoms with Crippen LogP contribution in [0.4, 0.5) is 0 Å². The van der Waals surface area contributed by atoms with Crippen molar-refractivity contribution in [1.82, 2.24) is 9.97 Å². The summed E-state index contributed by atoms with van der Waals surface area (Å²) < 4.78 is 0. The number of aromatic nitrogens is 2. The second kappa shape index (κ2) is 9.46. The zero-order valence-corrected chi connectivity index (χ0v) is 21.7. The number of hydrogen-bond acceptors (Lipinski definition) is 3. The van der Waals surface area contributed by atoms with Crippen molar-refractivity contribution >= 4 is 27.2 Å². The van der Waals surface area contributed by atoms with Crippen LogP contribution in [0.5, 0.6) is 5.75 Å². The highest BCUT2D eigenvalue weighted by Crippen LogP contribution is 2.48. The second-order valence-corrected chi connectivity index (χ2v) is 10.7. The number of aromatic hydroxyl groups is 1. The average Bonchev–Trinajstić information content (AvgIpc) is 2.93. The molecule has 0 bridgehead atoms. The molecule has 4 aromatic carbocycles. The van der Waals surface area contributed by atoms with Gasteiger partial charge >= 0.3 is 0 Å². The van der Waals surface area contributed by atoms with Crippen LogP contribution in [-0.2, 0) is 5.41 Å². The SMILES string of the molecule is CC1(C)CC2=C(C=CCC2)c2ccc3cc(-c4ccccc4O)ccc3c21.O=c1nc[nH]c2ccccc12. The lowest BCUT2D eigenvalue weighted by atomic mass is 9.67. The molecule has 0 spiro atoms. The van der Waals surface area contributed by atoms with Crippen LogP contribution in [0.25, 0.3) is 38.4 Å². The molecule has 2 aliphatic carbocycles. The minimum Gasteiger partial charge on any atom is -0.507 e. The number of fused-ring (bicyclic) bond motifs is 5. The van der Waals surface area contributed by atoms with E-state index >= 15 is 0 Å². The van der Waals surface area contributed by atoms with Gasteiger partial charge in [0.25, 0.3) is 5.56 Å². The standard InChI is InChI=1S/C26H24O.C8H6N2O/c1-26(2)16-19-7-3-4-8-20(19)23-14-12-18-15-17(11-13-22(18)25(23)26)21-9-5-6-10-24(21)27;11-8-6-3-1-2-4-7(6)9-5-10-8/h4-6,8-15,27H,3,7,16H2,1-2H3;1-5H,(H,9,10,11). The fourth-order valence-electron chi connectivity index (χ4n) is 5.99. The molecule has 188 valence electrons. The molecule has 2 N–H and O–H groups in total. The topological polar surface area (TPSA) is 66.0 Å². The van der Waals surface area contributed by atoms with Crippen molar-refractivity contribution in [2.24, 2.45) is 0 Å². The molecule has 1 heterocycles. The molecular formula is C34H30N2O2. The van der Waals surface area contributed by atoms with Crippen LogP contribution < -0.4 is 5.56 Å². The highest BCUT2D eigenvalue weighted by molar-refractivity contribution is 5.97.